The van der Waals surface area contributed by atoms with Crippen molar-refractivity contribution >= 4 is 11.7 Å². The zero-order chi connectivity index (χ0) is 17.3. The van der Waals surface area contributed by atoms with Gasteiger partial charge in [0.05, 0.1) is 7.11 Å². The van der Waals surface area contributed by atoms with E-state index in [1.54, 1.807) is 0 Å². The van der Waals surface area contributed by atoms with E-state index in [1.165, 1.54) is 19.2 Å². The summed E-state index contributed by atoms with van der Waals surface area (Å²) < 4.78 is 56.4. The van der Waals surface area contributed by atoms with Crippen LogP contribution in [0.25, 0.3) is 0 Å². The van der Waals surface area contributed by atoms with Crippen molar-refractivity contribution in [1.29, 1.82) is 0 Å². The van der Waals surface area contributed by atoms with Crippen LogP contribution in [0, 0.1) is 5.82 Å². The molecular weight excluding hydrogens is 320 g/mol. The predicted octanol–water partition coefficient (Wildman–Crippen LogP) is 2.76. The summed E-state index contributed by atoms with van der Waals surface area (Å²) in [5.41, 5.74) is -2.61. The van der Waals surface area contributed by atoms with Gasteiger partial charge in [-0.2, -0.15) is 13.2 Å². The van der Waals surface area contributed by atoms with Crippen LogP contribution in [0.3, 0.4) is 0 Å². The Bertz CT molecular complexity index is 584. The van der Waals surface area contributed by atoms with Gasteiger partial charge in [-0.05, 0) is 12.1 Å². The molecule has 0 radical (unpaired) electrons. The Kier molecular flexibility index (Phi) is 4.69. The third-order valence-electron chi connectivity index (χ3n) is 3.81. The smallest absolute Gasteiger partial charge is 0.417 e. The largest absolute Gasteiger partial charge is 0.494 e. The molecule has 9 heteroatoms. The van der Waals surface area contributed by atoms with Crippen LogP contribution in [-0.4, -0.2) is 48.0 Å². The molecule has 5 nitrogen and oxygen atoms in total. The van der Waals surface area contributed by atoms with E-state index in [0.717, 1.165) is 11.0 Å². The third kappa shape index (κ3) is 3.66. The normalized spacial score (nSPS) is 17.7. The van der Waals surface area contributed by atoms with Crippen molar-refractivity contribution in [3.63, 3.8) is 0 Å². The molecule has 1 aromatic rings. The van der Waals surface area contributed by atoms with Gasteiger partial charge in [-0.1, -0.05) is 0 Å². The van der Waals surface area contributed by atoms with E-state index in [2.05, 4.69) is 5.32 Å². The molecule has 0 saturated carbocycles. The maximum Gasteiger partial charge on any atom is 0.417 e. The van der Waals surface area contributed by atoms with Crippen molar-refractivity contribution in [2.75, 3.05) is 25.5 Å². The Morgan fingerprint density at radius 3 is 2.43 bits per heavy atom. The summed E-state index contributed by atoms with van der Waals surface area (Å²) >= 11 is 0. The summed E-state index contributed by atoms with van der Waals surface area (Å²) in [5, 5.41) is 11.9. The Hall–Kier alpha value is -2.03. The second-order valence-electron chi connectivity index (χ2n) is 5.30. The molecule has 1 heterocycles. The lowest BCUT2D eigenvalue weighted by Gasteiger charge is -2.38. The van der Waals surface area contributed by atoms with E-state index in [4.69, 9.17) is 4.74 Å². The standard InChI is InChI=1S/C14H16F4N2O3/c1-23-11-3-2-9(8-10(11)15)19-12(21)20-6-4-13(22,5-7-20)14(16,17)18/h2-3,8,22H,4-7H2,1H3,(H,19,21). The number of anilines is 1. The Morgan fingerprint density at radius 2 is 1.96 bits per heavy atom. The maximum absolute atomic E-state index is 13.5. The number of hydrogen-bond acceptors (Lipinski definition) is 3. The molecule has 2 rings (SSSR count). The van der Waals surface area contributed by atoms with Crippen LogP contribution in [0.15, 0.2) is 18.2 Å². The van der Waals surface area contributed by atoms with Crippen molar-refractivity contribution in [3.8, 4) is 5.75 Å². The first kappa shape index (κ1) is 17.3. The Labute approximate surface area is 129 Å². The monoisotopic (exact) mass is 336 g/mol. The van der Waals surface area contributed by atoms with Crippen LogP contribution >= 0.6 is 0 Å². The number of ether oxygens (including phenoxy) is 1. The number of aliphatic hydroxyl groups is 1. The van der Waals surface area contributed by atoms with Gasteiger partial charge in [-0.15, -0.1) is 0 Å². The number of rotatable bonds is 2. The lowest BCUT2D eigenvalue weighted by atomic mass is 9.91. The zero-order valence-corrected chi connectivity index (χ0v) is 12.3. The summed E-state index contributed by atoms with van der Waals surface area (Å²) in [5.74, 6) is -0.661. The van der Waals surface area contributed by atoms with Gasteiger partial charge >= 0.3 is 12.2 Å². The second kappa shape index (κ2) is 6.23. The van der Waals surface area contributed by atoms with Crippen molar-refractivity contribution in [1.82, 2.24) is 4.90 Å². The fourth-order valence-electron chi connectivity index (χ4n) is 2.31. The van der Waals surface area contributed by atoms with E-state index in [1.807, 2.05) is 0 Å². The molecule has 0 aromatic heterocycles. The van der Waals surface area contributed by atoms with Gasteiger partial charge in [0.2, 0.25) is 0 Å². The maximum atomic E-state index is 13.5. The highest BCUT2D eigenvalue weighted by molar-refractivity contribution is 5.89. The van der Waals surface area contributed by atoms with Crippen molar-refractivity contribution in [3.05, 3.63) is 24.0 Å². The average Bonchev–Trinajstić information content (AvgIpc) is 2.47. The quantitative estimate of drug-likeness (QED) is 0.817. The van der Waals surface area contributed by atoms with E-state index in [9.17, 15) is 27.5 Å². The first-order valence-electron chi connectivity index (χ1n) is 6.85. The molecule has 0 unspecified atom stereocenters. The van der Waals surface area contributed by atoms with Gasteiger partial charge in [0.1, 0.15) is 0 Å². The molecule has 0 bridgehead atoms. The lowest BCUT2D eigenvalue weighted by molar-refractivity contribution is -0.271. The fraction of sp³-hybridized carbons (Fsp3) is 0.500. The molecule has 1 aliphatic rings. The Morgan fingerprint density at radius 1 is 1.35 bits per heavy atom. The molecule has 1 fully saturated rings. The molecule has 0 aliphatic carbocycles. The van der Waals surface area contributed by atoms with Gasteiger partial charge in [-0.3, -0.25) is 0 Å². The molecule has 2 amide bonds. The van der Waals surface area contributed by atoms with Gasteiger partial charge in [0.15, 0.2) is 17.2 Å². The molecule has 23 heavy (non-hydrogen) atoms. The average molecular weight is 336 g/mol. The number of methoxy groups -OCH3 is 1. The van der Waals surface area contributed by atoms with Gasteiger partial charge in [0, 0.05) is 37.7 Å². The molecule has 2 N–H and O–H groups in total. The molecule has 128 valence electrons. The number of nitrogens with one attached hydrogen (secondary N) is 1. The number of carbonyl (C=O) groups is 1. The van der Waals surface area contributed by atoms with E-state index >= 15 is 0 Å². The molecule has 1 aliphatic heterocycles. The first-order chi connectivity index (χ1) is 10.7. The highest BCUT2D eigenvalue weighted by Crippen LogP contribution is 2.38. The predicted molar refractivity (Wildman–Crippen MR) is 73.8 cm³/mol. The van der Waals surface area contributed by atoms with Crippen molar-refractivity contribution < 1.29 is 32.2 Å². The number of likely N-dealkylation sites (tertiary alicyclic amines) is 1. The second-order valence-corrected chi connectivity index (χ2v) is 5.30. The van der Waals surface area contributed by atoms with E-state index in [0.29, 0.717) is 0 Å². The number of piperidine rings is 1. The van der Waals surface area contributed by atoms with Crippen LogP contribution in [0.4, 0.5) is 28.0 Å². The van der Waals surface area contributed by atoms with E-state index in [-0.39, 0.29) is 24.5 Å². The van der Waals surface area contributed by atoms with Crippen LogP contribution < -0.4 is 10.1 Å². The summed E-state index contributed by atoms with van der Waals surface area (Å²) in [6.45, 7) is -0.499. The first-order valence-corrected chi connectivity index (χ1v) is 6.85. The highest BCUT2D eigenvalue weighted by atomic mass is 19.4. The van der Waals surface area contributed by atoms with Crippen molar-refractivity contribution in [2.24, 2.45) is 0 Å². The Balaban J connectivity index is 1.97. The summed E-state index contributed by atoms with van der Waals surface area (Å²) in [4.78, 5) is 13.1. The summed E-state index contributed by atoms with van der Waals surface area (Å²) in [6, 6.07) is 3.13. The fourth-order valence-corrected chi connectivity index (χ4v) is 2.31. The molecule has 1 saturated heterocycles. The van der Waals surface area contributed by atoms with Crippen LogP contribution in [0.5, 0.6) is 5.75 Å². The lowest BCUT2D eigenvalue weighted by Crippen LogP contribution is -2.55. The SMILES string of the molecule is COc1ccc(NC(=O)N2CCC(O)(C(F)(F)F)CC2)cc1F. The van der Waals surface area contributed by atoms with Gasteiger partial charge < -0.3 is 20.1 Å². The van der Waals surface area contributed by atoms with E-state index < -0.39 is 36.5 Å². The van der Waals surface area contributed by atoms with Crippen LogP contribution in [0.2, 0.25) is 0 Å². The number of carbonyl (C=O) groups excluding carboxylic acids is 1. The van der Waals surface area contributed by atoms with Crippen molar-refractivity contribution in [2.45, 2.75) is 24.6 Å². The number of benzene rings is 1. The van der Waals surface area contributed by atoms with Crippen LogP contribution in [0.1, 0.15) is 12.8 Å². The third-order valence-corrected chi connectivity index (χ3v) is 3.81. The summed E-state index contributed by atoms with van der Waals surface area (Å²) in [7, 11) is 1.30. The number of hydrogen-bond donors (Lipinski definition) is 2. The minimum absolute atomic E-state index is 0.0104. The highest BCUT2D eigenvalue weighted by Gasteiger charge is 2.54. The number of halogens is 4. The number of amides is 2. The number of urea groups is 1. The van der Waals surface area contributed by atoms with Crippen LogP contribution in [-0.2, 0) is 0 Å². The zero-order valence-electron chi connectivity index (χ0n) is 12.3. The van der Waals surface area contributed by atoms with Gasteiger partial charge in [-0.25, -0.2) is 9.18 Å². The van der Waals surface area contributed by atoms with Gasteiger partial charge in [0.25, 0.3) is 0 Å². The molecule has 0 atom stereocenters. The topological polar surface area (TPSA) is 61.8 Å². The molecule has 1 aromatic carbocycles. The number of nitrogens with zero attached hydrogens (tertiary/aromatic N) is 1. The summed E-state index contributed by atoms with van der Waals surface area (Å²) in [6.07, 6.45) is -5.92. The minimum atomic E-state index is -4.73. The minimum Gasteiger partial charge on any atom is -0.494 e. The molecule has 0 spiro atoms. The number of alkyl halides is 3. The molecular formula is C14H16F4N2O3.